The number of hydrogen-bond acceptors (Lipinski definition) is 4. The maximum absolute atomic E-state index is 12.7. The van der Waals surface area contributed by atoms with Gasteiger partial charge in [0.25, 0.3) is 0 Å². The van der Waals surface area contributed by atoms with Crippen LogP contribution < -0.4 is 4.18 Å². The number of carbonyl (C=O) groups is 1. The van der Waals surface area contributed by atoms with Crippen LogP contribution in [0.4, 0.5) is 13.2 Å². The van der Waals surface area contributed by atoms with Crippen LogP contribution in [0.3, 0.4) is 0 Å². The fourth-order valence-corrected chi connectivity index (χ4v) is 2.91. The highest BCUT2D eigenvalue weighted by molar-refractivity contribution is 7.88. The maximum atomic E-state index is 12.7. The van der Waals surface area contributed by atoms with Gasteiger partial charge in [-0.05, 0) is 37.3 Å². The van der Waals surface area contributed by atoms with E-state index in [1.54, 1.807) is 19.9 Å². The Labute approximate surface area is 139 Å². The summed E-state index contributed by atoms with van der Waals surface area (Å²) in [5.41, 5.74) is -4.44. The Balaban J connectivity index is 3.81. The lowest BCUT2D eigenvalue weighted by Crippen LogP contribution is -2.29. The van der Waals surface area contributed by atoms with Crippen LogP contribution >= 0.6 is 0 Å². The average Bonchev–Trinajstić information content (AvgIpc) is 2.46. The minimum atomic E-state index is -5.88. The molecule has 134 valence electrons. The monoisotopic (exact) mass is 364 g/mol. The van der Waals surface area contributed by atoms with Gasteiger partial charge in [-0.1, -0.05) is 26.0 Å². The third-order valence-electron chi connectivity index (χ3n) is 3.50. The first kappa shape index (κ1) is 20.2. The van der Waals surface area contributed by atoms with Crippen molar-refractivity contribution in [1.82, 2.24) is 0 Å². The highest BCUT2D eigenvalue weighted by Crippen LogP contribution is 2.36. The topological polar surface area (TPSA) is 60.4 Å². The van der Waals surface area contributed by atoms with Crippen molar-refractivity contribution < 1.29 is 30.6 Å². The van der Waals surface area contributed by atoms with Crippen molar-refractivity contribution in [2.45, 2.75) is 45.5 Å². The van der Waals surface area contributed by atoms with E-state index in [0.29, 0.717) is 24.0 Å². The smallest absolute Gasteiger partial charge is 0.375 e. The molecular formula is C16H19F3O4S. The van der Waals surface area contributed by atoms with Crippen LogP contribution in [0.5, 0.6) is 5.75 Å². The Morgan fingerprint density at radius 3 is 2.17 bits per heavy atom. The molecule has 0 saturated heterocycles. The zero-order chi connectivity index (χ0) is 18.7. The number of Topliss-reactive ketones (excluding diaryl/α,β-unsaturated/α-hetero) is 1. The zero-order valence-electron chi connectivity index (χ0n) is 13.7. The number of rotatable bonds is 7. The second-order valence-corrected chi connectivity index (χ2v) is 6.65. The zero-order valence-corrected chi connectivity index (χ0v) is 14.5. The van der Waals surface area contributed by atoms with E-state index in [0.717, 1.165) is 6.92 Å². The fraction of sp³-hybridized carbons (Fsp3) is 0.438. The molecule has 24 heavy (non-hydrogen) atoms. The molecule has 1 rings (SSSR count). The molecule has 0 N–H and O–H groups in total. The van der Waals surface area contributed by atoms with E-state index in [2.05, 4.69) is 10.8 Å². The molecule has 0 bridgehead atoms. The van der Waals surface area contributed by atoms with Crippen LogP contribution in [0.25, 0.3) is 0 Å². The van der Waals surface area contributed by atoms with Gasteiger partial charge in [0.15, 0.2) is 11.5 Å². The minimum Gasteiger partial charge on any atom is -0.375 e. The summed E-state index contributed by atoms with van der Waals surface area (Å²) in [4.78, 5) is 12.0. The SMILES string of the molecule is C=CCc1c(CC)cc(CC)c(C(C)=O)c1OS(=O)(=O)C(F)(F)F. The molecule has 1 aromatic carbocycles. The minimum absolute atomic E-state index is 0.0795. The highest BCUT2D eigenvalue weighted by atomic mass is 32.2. The molecule has 4 nitrogen and oxygen atoms in total. The van der Waals surface area contributed by atoms with E-state index in [9.17, 15) is 26.4 Å². The number of ketones is 1. The van der Waals surface area contributed by atoms with E-state index in [1.165, 1.54) is 6.08 Å². The van der Waals surface area contributed by atoms with Gasteiger partial charge in [0.05, 0.1) is 5.56 Å². The molecule has 0 aliphatic rings. The van der Waals surface area contributed by atoms with Crippen LogP contribution in [0.1, 0.15) is 47.8 Å². The second-order valence-electron chi connectivity index (χ2n) is 5.12. The lowest BCUT2D eigenvalue weighted by molar-refractivity contribution is -0.0500. The molecule has 0 radical (unpaired) electrons. The van der Waals surface area contributed by atoms with Gasteiger partial charge in [0.2, 0.25) is 0 Å². The summed E-state index contributed by atoms with van der Waals surface area (Å²) < 4.78 is 65.5. The van der Waals surface area contributed by atoms with Crippen molar-refractivity contribution in [3.8, 4) is 5.75 Å². The number of allylic oxidation sites excluding steroid dienone is 1. The van der Waals surface area contributed by atoms with Gasteiger partial charge in [-0.2, -0.15) is 21.6 Å². The molecule has 0 heterocycles. The van der Waals surface area contributed by atoms with E-state index in [1.807, 2.05) is 0 Å². The predicted molar refractivity (Wildman–Crippen MR) is 84.7 cm³/mol. The summed E-state index contributed by atoms with van der Waals surface area (Å²) in [6.07, 6.45) is 2.28. The highest BCUT2D eigenvalue weighted by Gasteiger charge is 2.49. The fourth-order valence-electron chi connectivity index (χ4n) is 2.41. The Hall–Kier alpha value is -1.83. The summed E-state index contributed by atoms with van der Waals surface area (Å²) >= 11 is 0. The Morgan fingerprint density at radius 2 is 1.79 bits per heavy atom. The van der Waals surface area contributed by atoms with Gasteiger partial charge < -0.3 is 4.18 Å². The predicted octanol–water partition coefficient (Wildman–Crippen LogP) is 3.97. The number of benzene rings is 1. The summed E-state index contributed by atoms with van der Waals surface area (Å²) in [6, 6.07) is 1.70. The lowest BCUT2D eigenvalue weighted by Gasteiger charge is -2.20. The molecule has 0 amide bonds. The molecule has 0 saturated carbocycles. The first-order chi connectivity index (χ1) is 11.0. The Bertz CT molecular complexity index is 750. The van der Waals surface area contributed by atoms with E-state index in [-0.39, 0.29) is 17.5 Å². The molecule has 0 atom stereocenters. The van der Waals surface area contributed by atoms with Gasteiger partial charge >= 0.3 is 15.6 Å². The number of halogens is 3. The standard InChI is InChI=1S/C16H19F3O4S/c1-5-8-13-11(6-2)9-12(7-3)14(10(4)20)15(13)23-24(21,22)16(17,18)19/h5,9H,1,6-8H2,2-4H3. The van der Waals surface area contributed by atoms with Crippen LogP contribution in [-0.4, -0.2) is 19.7 Å². The number of alkyl halides is 3. The first-order valence-corrected chi connectivity index (χ1v) is 8.71. The molecule has 8 heteroatoms. The van der Waals surface area contributed by atoms with Crippen molar-refractivity contribution in [1.29, 1.82) is 0 Å². The van der Waals surface area contributed by atoms with E-state index >= 15 is 0 Å². The summed E-state index contributed by atoms with van der Waals surface area (Å²) in [6.45, 7) is 8.17. The molecule has 0 aliphatic heterocycles. The van der Waals surface area contributed by atoms with Crippen LogP contribution in [0.2, 0.25) is 0 Å². The van der Waals surface area contributed by atoms with Crippen LogP contribution in [0, 0.1) is 0 Å². The number of hydrogen-bond donors (Lipinski definition) is 0. The van der Waals surface area contributed by atoms with Gasteiger partial charge in [0, 0.05) is 5.56 Å². The first-order valence-electron chi connectivity index (χ1n) is 7.30. The van der Waals surface area contributed by atoms with Gasteiger partial charge in [-0.3, -0.25) is 4.79 Å². The van der Waals surface area contributed by atoms with E-state index < -0.39 is 27.2 Å². The van der Waals surface area contributed by atoms with Crippen LogP contribution in [-0.2, 0) is 29.4 Å². The third kappa shape index (κ3) is 3.98. The second kappa shape index (κ2) is 7.38. The van der Waals surface area contributed by atoms with Crippen LogP contribution in [0.15, 0.2) is 18.7 Å². The lowest BCUT2D eigenvalue weighted by atomic mass is 9.91. The molecule has 0 aliphatic carbocycles. The van der Waals surface area contributed by atoms with Gasteiger partial charge in [-0.15, -0.1) is 6.58 Å². The van der Waals surface area contributed by atoms with E-state index in [4.69, 9.17) is 0 Å². The number of carbonyl (C=O) groups excluding carboxylic acids is 1. The summed E-state index contributed by atoms with van der Waals surface area (Å²) in [5, 5.41) is 0. The summed E-state index contributed by atoms with van der Waals surface area (Å²) in [7, 11) is -5.88. The largest absolute Gasteiger partial charge is 0.534 e. The van der Waals surface area contributed by atoms with Gasteiger partial charge in [0.1, 0.15) is 0 Å². The van der Waals surface area contributed by atoms with Gasteiger partial charge in [-0.25, -0.2) is 0 Å². The molecule has 0 spiro atoms. The normalized spacial score (nSPS) is 12.1. The quantitative estimate of drug-likeness (QED) is 0.318. The third-order valence-corrected chi connectivity index (χ3v) is 4.45. The maximum Gasteiger partial charge on any atom is 0.534 e. The van der Waals surface area contributed by atoms with Crippen molar-refractivity contribution >= 4 is 15.9 Å². The average molecular weight is 364 g/mol. The molecular weight excluding hydrogens is 345 g/mol. The van der Waals surface area contributed by atoms with Crippen molar-refractivity contribution in [2.75, 3.05) is 0 Å². The van der Waals surface area contributed by atoms with Crippen molar-refractivity contribution in [3.63, 3.8) is 0 Å². The molecule has 1 aromatic rings. The summed E-state index contributed by atoms with van der Waals surface area (Å²) in [5.74, 6) is -1.11. The number of aryl methyl sites for hydroxylation is 2. The molecule has 0 fully saturated rings. The molecule has 0 aromatic heterocycles. The Morgan fingerprint density at radius 1 is 1.25 bits per heavy atom. The Kier molecular flexibility index (Phi) is 6.21. The molecule has 0 unspecified atom stereocenters. The van der Waals surface area contributed by atoms with Crippen molar-refractivity contribution in [2.24, 2.45) is 0 Å². The van der Waals surface area contributed by atoms with Crippen molar-refractivity contribution in [3.05, 3.63) is 41.0 Å².